The molecule has 1 amide bonds. The number of fused-ring (bicyclic) bond motifs is 2. The second-order valence-electron chi connectivity index (χ2n) is 7.86. The Balaban J connectivity index is 1.49. The Morgan fingerprint density at radius 2 is 1.93 bits per heavy atom. The standard InChI is InChI=1S/C24H25NO4/c1-24(2)14-20(19-13-17(27-3)11-12-22(19)29-24)25-23(26)15-28-21-10-6-8-16-7-4-5-9-18(16)21/h4-13,20H,14-15H2,1-3H3,(H,25,26)/t20-/m1/s1. The molecule has 3 aromatic rings. The van der Waals surface area contributed by atoms with Crippen LogP contribution >= 0.6 is 0 Å². The molecule has 1 atom stereocenters. The lowest BCUT2D eigenvalue weighted by Crippen LogP contribution is -2.42. The summed E-state index contributed by atoms with van der Waals surface area (Å²) in [5.41, 5.74) is 0.540. The molecule has 0 unspecified atom stereocenters. The maximum absolute atomic E-state index is 12.7. The van der Waals surface area contributed by atoms with Gasteiger partial charge in [-0.1, -0.05) is 36.4 Å². The van der Waals surface area contributed by atoms with Crippen LogP contribution in [0.25, 0.3) is 10.8 Å². The lowest BCUT2D eigenvalue weighted by atomic mass is 9.89. The number of hydrogen-bond acceptors (Lipinski definition) is 4. The Bertz CT molecular complexity index is 1040. The molecule has 1 heterocycles. The zero-order chi connectivity index (χ0) is 20.4. The van der Waals surface area contributed by atoms with Crippen molar-refractivity contribution in [3.8, 4) is 17.2 Å². The monoisotopic (exact) mass is 391 g/mol. The molecule has 0 radical (unpaired) electrons. The zero-order valence-corrected chi connectivity index (χ0v) is 16.9. The second kappa shape index (κ2) is 7.66. The number of ether oxygens (including phenoxy) is 3. The molecule has 1 aliphatic rings. The number of methoxy groups -OCH3 is 1. The largest absolute Gasteiger partial charge is 0.497 e. The number of amides is 1. The third-order valence-corrected chi connectivity index (χ3v) is 5.12. The van der Waals surface area contributed by atoms with Crippen molar-refractivity contribution in [3.05, 3.63) is 66.2 Å². The van der Waals surface area contributed by atoms with E-state index < -0.39 is 0 Å². The molecule has 29 heavy (non-hydrogen) atoms. The van der Waals surface area contributed by atoms with Gasteiger partial charge in [0.1, 0.15) is 22.8 Å². The van der Waals surface area contributed by atoms with Gasteiger partial charge >= 0.3 is 0 Å². The van der Waals surface area contributed by atoms with Gasteiger partial charge in [0, 0.05) is 17.4 Å². The van der Waals surface area contributed by atoms with E-state index >= 15 is 0 Å². The summed E-state index contributed by atoms with van der Waals surface area (Å²) < 4.78 is 17.2. The van der Waals surface area contributed by atoms with Gasteiger partial charge in [-0.3, -0.25) is 4.79 Å². The smallest absolute Gasteiger partial charge is 0.258 e. The van der Waals surface area contributed by atoms with Gasteiger partial charge in [-0.05, 0) is 43.5 Å². The van der Waals surface area contributed by atoms with Gasteiger partial charge in [-0.2, -0.15) is 0 Å². The van der Waals surface area contributed by atoms with Crippen molar-refractivity contribution in [2.24, 2.45) is 0 Å². The van der Waals surface area contributed by atoms with Crippen LogP contribution in [0.5, 0.6) is 17.2 Å². The molecular formula is C24H25NO4. The molecule has 5 heteroatoms. The first kappa shape index (κ1) is 19.1. The van der Waals surface area contributed by atoms with E-state index in [-0.39, 0.29) is 24.2 Å². The van der Waals surface area contributed by atoms with Crippen LogP contribution in [-0.2, 0) is 4.79 Å². The predicted molar refractivity (Wildman–Crippen MR) is 113 cm³/mol. The maximum atomic E-state index is 12.7. The summed E-state index contributed by atoms with van der Waals surface area (Å²) in [6.07, 6.45) is 0.660. The first-order valence-electron chi connectivity index (χ1n) is 9.72. The van der Waals surface area contributed by atoms with E-state index in [1.54, 1.807) is 7.11 Å². The summed E-state index contributed by atoms with van der Waals surface area (Å²) in [5, 5.41) is 5.17. The molecule has 1 aliphatic heterocycles. The fraction of sp³-hybridized carbons (Fsp3) is 0.292. The van der Waals surface area contributed by atoms with Crippen molar-refractivity contribution in [2.45, 2.75) is 31.9 Å². The van der Waals surface area contributed by atoms with Crippen LogP contribution in [0.1, 0.15) is 31.9 Å². The Labute approximate surface area is 170 Å². The molecule has 0 saturated heterocycles. The predicted octanol–water partition coefficient (Wildman–Crippen LogP) is 4.65. The fourth-order valence-electron chi connectivity index (χ4n) is 3.79. The van der Waals surface area contributed by atoms with Crippen molar-refractivity contribution < 1.29 is 19.0 Å². The van der Waals surface area contributed by atoms with Gasteiger partial charge in [0.15, 0.2) is 6.61 Å². The highest BCUT2D eigenvalue weighted by molar-refractivity contribution is 5.88. The van der Waals surface area contributed by atoms with E-state index in [1.807, 2.05) is 74.5 Å². The summed E-state index contributed by atoms with van der Waals surface area (Å²) in [4.78, 5) is 12.7. The highest BCUT2D eigenvalue weighted by Gasteiger charge is 2.34. The van der Waals surface area contributed by atoms with Crippen LogP contribution < -0.4 is 19.5 Å². The average molecular weight is 391 g/mol. The fourth-order valence-corrected chi connectivity index (χ4v) is 3.79. The molecule has 0 spiro atoms. The van der Waals surface area contributed by atoms with E-state index in [0.29, 0.717) is 12.2 Å². The number of carbonyl (C=O) groups is 1. The first-order chi connectivity index (χ1) is 13.9. The molecule has 0 saturated carbocycles. The summed E-state index contributed by atoms with van der Waals surface area (Å²) in [6.45, 7) is 3.99. The molecule has 1 N–H and O–H groups in total. The van der Waals surface area contributed by atoms with Crippen LogP contribution in [-0.4, -0.2) is 25.2 Å². The van der Waals surface area contributed by atoms with Crippen molar-refractivity contribution in [1.29, 1.82) is 0 Å². The quantitative estimate of drug-likeness (QED) is 0.688. The van der Waals surface area contributed by atoms with E-state index in [9.17, 15) is 4.79 Å². The van der Waals surface area contributed by atoms with E-state index in [4.69, 9.17) is 14.2 Å². The van der Waals surface area contributed by atoms with Crippen LogP contribution in [0.2, 0.25) is 0 Å². The van der Waals surface area contributed by atoms with E-state index in [2.05, 4.69) is 5.32 Å². The molecule has 0 bridgehead atoms. The number of hydrogen-bond donors (Lipinski definition) is 1. The Kier molecular flexibility index (Phi) is 5.05. The van der Waals surface area contributed by atoms with Crippen LogP contribution in [0.3, 0.4) is 0 Å². The summed E-state index contributed by atoms with van der Waals surface area (Å²) in [5.74, 6) is 2.03. The molecule has 5 nitrogen and oxygen atoms in total. The normalized spacial score (nSPS) is 17.1. The van der Waals surface area contributed by atoms with E-state index in [1.165, 1.54) is 0 Å². The number of benzene rings is 3. The lowest BCUT2D eigenvalue weighted by Gasteiger charge is -2.38. The van der Waals surface area contributed by atoms with Crippen LogP contribution in [0.4, 0.5) is 0 Å². The van der Waals surface area contributed by atoms with Gasteiger partial charge in [0.2, 0.25) is 0 Å². The first-order valence-corrected chi connectivity index (χ1v) is 9.72. The third-order valence-electron chi connectivity index (χ3n) is 5.12. The minimum absolute atomic E-state index is 0.0505. The molecule has 4 rings (SSSR count). The molecular weight excluding hydrogens is 366 g/mol. The maximum Gasteiger partial charge on any atom is 0.258 e. The van der Waals surface area contributed by atoms with Crippen molar-refractivity contribution >= 4 is 16.7 Å². The molecule has 0 aromatic heterocycles. The number of rotatable bonds is 5. The highest BCUT2D eigenvalue weighted by atomic mass is 16.5. The summed E-state index contributed by atoms with van der Waals surface area (Å²) in [6, 6.07) is 19.3. The molecule has 3 aromatic carbocycles. The topological polar surface area (TPSA) is 56.8 Å². The average Bonchev–Trinajstić information content (AvgIpc) is 2.71. The minimum Gasteiger partial charge on any atom is -0.497 e. The summed E-state index contributed by atoms with van der Waals surface area (Å²) >= 11 is 0. The zero-order valence-electron chi connectivity index (χ0n) is 16.9. The Hall–Kier alpha value is -3.21. The molecule has 0 aliphatic carbocycles. The molecule has 0 fully saturated rings. The van der Waals surface area contributed by atoms with Gasteiger partial charge in [0.25, 0.3) is 5.91 Å². The summed E-state index contributed by atoms with van der Waals surface area (Å²) in [7, 11) is 1.63. The second-order valence-corrected chi connectivity index (χ2v) is 7.86. The third kappa shape index (κ3) is 4.14. The number of nitrogens with one attached hydrogen (secondary N) is 1. The SMILES string of the molecule is COc1ccc2c(c1)[C@H](NC(=O)COc1cccc3ccccc13)CC(C)(C)O2. The van der Waals surface area contributed by atoms with E-state index in [0.717, 1.165) is 27.8 Å². The Morgan fingerprint density at radius 1 is 1.14 bits per heavy atom. The minimum atomic E-state index is -0.379. The van der Waals surface area contributed by atoms with Crippen molar-refractivity contribution in [3.63, 3.8) is 0 Å². The Morgan fingerprint density at radius 3 is 2.76 bits per heavy atom. The highest BCUT2D eigenvalue weighted by Crippen LogP contribution is 2.41. The van der Waals surface area contributed by atoms with Gasteiger partial charge in [0.05, 0.1) is 13.2 Å². The van der Waals surface area contributed by atoms with Gasteiger partial charge in [-0.15, -0.1) is 0 Å². The molecule has 150 valence electrons. The van der Waals surface area contributed by atoms with Gasteiger partial charge < -0.3 is 19.5 Å². The lowest BCUT2D eigenvalue weighted by molar-refractivity contribution is -0.124. The van der Waals surface area contributed by atoms with Crippen LogP contribution in [0.15, 0.2) is 60.7 Å². The van der Waals surface area contributed by atoms with Crippen molar-refractivity contribution in [2.75, 3.05) is 13.7 Å². The number of carbonyl (C=O) groups excluding carboxylic acids is 1. The van der Waals surface area contributed by atoms with Crippen LogP contribution in [0, 0.1) is 0 Å². The van der Waals surface area contributed by atoms with Crippen molar-refractivity contribution in [1.82, 2.24) is 5.32 Å². The van der Waals surface area contributed by atoms with Gasteiger partial charge in [-0.25, -0.2) is 0 Å².